The first-order valence-electron chi connectivity index (χ1n) is 6.31. The summed E-state index contributed by atoms with van der Waals surface area (Å²) >= 11 is 2.04. The van der Waals surface area contributed by atoms with Gasteiger partial charge in [-0.25, -0.2) is 9.97 Å². The van der Waals surface area contributed by atoms with Gasteiger partial charge in [0.25, 0.3) is 5.56 Å². The van der Waals surface area contributed by atoms with Crippen molar-refractivity contribution in [3.05, 3.63) is 37.8 Å². The van der Waals surface area contributed by atoms with Gasteiger partial charge in [-0.05, 0) is 41.0 Å². The summed E-state index contributed by atoms with van der Waals surface area (Å²) in [6.07, 6.45) is 0.763. The molecule has 2 aromatic rings. The lowest BCUT2D eigenvalue weighted by molar-refractivity contribution is 0.398. The Morgan fingerprint density at radius 1 is 1.35 bits per heavy atom. The lowest BCUT2D eigenvalue weighted by Crippen LogP contribution is -2.17. The minimum Gasteiger partial charge on any atom is -0.481 e. The Morgan fingerprint density at radius 3 is 2.75 bits per heavy atom. The monoisotopic (exact) mass is 385 g/mol. The maximum atomic E-state index is 12.0. The van der Waals surface area contributed by atoms with Gasteiger partial charge in [-0.2, -0.15) is 0 Å². The normalized spacial score (nSPS) is 10.8. The molecule has 0 saturated carbocycles. The van der Waals surface area contributed by atoms with Gasteiger partial charge in [0.05, 0.1) is 16.4 Å². The van der Waals surface area contributed by atoms with Gasteiger partial charge < -0.3 is 9.72 Å². The molecule has 2 heterocycles. The zero-order chi connectivity index (χ0) is 14.7. The number of rotatable bonds is 4. The van der Waals surface area contributed by atoms with Crippen LogP contribution in [0.1, 0.15) is 19.5 Å². The molecule has 0 atom stereocenters. The number of pyridine rings is 1. The smallest absolute Gasteiger partial charge is 0.264 e. The van der Waals surface area contributed by atoms with Crippen LogP contribution >= 0.6 is 22.6 Å². The van der Waals surface area contributed by atoms with Gasteiger partial charge in [-0.1, -0.05) is 19.9 Å². The van der Waals surface area contributed by atoms with Crippen LogP contribution < -0.4 is 10.3 Å². The van der Waals surface area contributed by atoms with Crippen molar-refractivity contribution in [3.8, 4) is 17.4 Å². The average Bonchev–Trinajstić information content (AvgIpc) is 2.43. The van der Waals surface area contributed by atoms with E-state index in [0.29, 0.717) is 26.9 Å². The highest BCUT2D eigenvalue weighted by Crippen LogP contribution is 2.18. The van der Waals surface area contributed by atoms with Crippen LogP contribution in [0, 0.1) is 9.49 Å². The Bertz CT molecular complexity index is 668. The molecule has 0 radical (unpaired) electrons. The molecule has 5 nitrogen and oxygen atoms in total. The van der Waals surface area contributed by atoms with Gasteiger partial charge in [-0.15, -0.1) is 0 Å². The summed E-state index contributed by atoms with van der Waals surface area (Å²) in [5.41, 5.74) is 1.28. The summed E-state index contributed by atoms with van der Waals surface area (Å²) in [6, 6.07) is 5.37. The molecular weight excluding hydrogens is 369 g/mol. The van der Waals surface area contributed by atoms with Gasteiger partial charge in [-0.3, -0.25) is 4.79 Å². The number of ether oxygens (including phenoxy) is 1. The first-order chi connectivity index (χ1) is 9.51. The van der Waals surface area contributed by atoms with Gasteiger partial charge >= 0.3 is 0 Å². The molecule has 0 fully saturated rings. The molecule has 2 rings (SSSR count). The van der Waals surface area contributed by atoms with Gasteiger partial charge in [0, 0.05) is 6.07 Å². The molecule has 2 aromatic heterocycles. The molecule has 0 saturated heterocycles. The fourth-order valence-corrected chi connectivity index (χ4v) is 2.28. The second-order valence-electron chi connectivity index (χ2n) is 4.84. The van der Waals surface area contributed by atoms with Crippen LogP contribution in [0.3, 0.4) is 0 Å². The Morgan fingerprint density at radius 2 is 2.10 bits per heavy atom. The standard InChI is InChI=1S/C14H16IN3O2/c1-8(2)7-10-12(15)14(19)18-13(17-10)9-5-4-6-11(16-9)20-3/h4-6,8H,7H2,1-3H3,(H,17,18,19). The van der Waals surface area contributed by atoms with Crippen LogP contribution in [0.5, 0.6) is 5.88 Å². The SMILES string of the molecule is COc1cccc(-c2nc(CC(C)C)c(I)c(=O)[nH]2)n1. The van der Waals surface area contributed by atoms with Crippen molar-refractivity contribution in [1.82, 2.24) is 15.0 Å². The zero-order valence-corrected chi connectivity index (χ0v) is 13.8. The predicted molar refractivity (Wildman–Crippen MR) is 85.9 cm³/mol. The summed E-state index contributed by atoms with van der Waals surface area (Å²) in [6.45, 7) is 4.20. The fraction of sp³-hybridized carbons (Fsp3) is 0.357. The predicted octanol–water partition coefficient (Wildman–Crippen LogP) is 2.64. The summed E-state index contributed by atoms with van der Waals surface area (Å²) in [4.78, 5) is 23.6. The molecule has 106 valence electrons. The molecular formula is C14H16IN3O2. The van der Waals surface area contributed by atoms with Gasteiger partial charge in [0.1, 0.15) is 5.69 Å². The zero-order valence-electron chi connectivity index (χ0n) is 11.6. The average molecular weight is 385 g/mol. The highest BCUT2D eigenvalue weighted by atomic mass is 127. The topological polar surface area (TPSA) is 67.9 Å². The van der Waals surface area contributed by atoms with Crippen LogP contribution in [0.25, 0.3) is 11.5 Å². The fourth-order valence-electron chi connectivity index (χ4n) is 1.81. The van der Waals surface area contributed by atoms with Crippen molar-refractivity contribution >= 4 is 22.6 Å². The van der Waals surface area contributed by atoms with E-state index in [1.807, 2.05) is 28.7 Å². The molecule has 6 heteroatoms. The van der Waals surface area contributed by atoms with Gasteiger partial charge in [0.2, 0.25) is 5.88 Å². The van der Waals surface area contributed by atoms with Crippen molar-refractivity contribution in [3.63, 3.8) is 0 Å². The molecule has 20 heavy (non-hydrogen) atoms. The van der Waals surface area contributed by atoms with E-state index in [1.54, 1.807) is 19.2 Å². The molecule has 0 aliphatic rings. The van der Waals surface area contributed by atoms with Crippen molar-refractivity contribution in [2.45, 2.75) is 20.3 Å². The summed E-state index contributed by atoms with van der Waals surface area (Å²) in [7, 11) is 1.56. The summed E-state index contributed by atoms with van der Waals surface area (Å²) in [5.74, 6) is 1.41. The van der Waals surface area contributed by atoms with E-state index in [1.165, 1.54) is 0 Å². The lowest BCUT2D eigenvalue weighted by Gasteiger charge is -2.09. The van der Waals surface area contributed by atoms with Crippen LogP contribution in [-0.2, 0) is 6.42 Å². The number of halogens is 1. The molecule has 0 unspecified atom stereocenters. The molecule has 0 spiro atoms. The number of nitrogens with zero attached hydrogens (tertiary/aromatic N) is 2. The third kappa shape index (κ3) is 3.36. The van der Waals surface area contributed by atoms with E-state index < -0.39 is 0 Å². The number of hydrogen-bond acceptors (Lipinski definition) is 4. The number of methoxy groups -OCH3 is 1. The molecule has 0 amide bonds. The van der Waals surface area contributed by atoms with Crippen LogP contribution in [0.15, 0.2) is 23.0 Å². The van der Waals surface area contributed by atoms with E-state index in [2.05, 4.69) is 28.8 Å². The molecule has 1 N–H and O–H groups in total. The van der Waals surface area contributed by atoms with E-state index in [4.69, 9.17) is 4.74 Å². The van der Waals surface area contributed by atoms with E-state index in [9.17, 15) is 4.79 Å². The Balaban J connectivity index is 2.51. The Labute approximate surface area is 131 Å². The largest absolute Gasteiger partial charge is 0.481 e. The molecule has 0 aliphatic heterocycles. The molecule has 0 bridgehead atoms. The van der Waals surface area contributed by atoms with E-state index in [0.717, 1.165) is 12.1 Å². The maximum Gasteiger partial charge on any atom is 0.264 e. The second kappa shape index (κ2) is 6.34. The summed E-state index contributed by atoms with van der Waals surface area (Å²) < 4.78 is 5.73. The number of aromatic amines is 1. The van der Waals surface area contributed by atoms with Crippen molar-refractivity contribution in [2.24, 2.45) is 5.92 Å². The van der Waals surface area contributed by atoms with E-state index >= 15 is 0 Å². The highest BCUT2D eigenvalue weighted by molar-refractivity contribution is 14.1. The van der Waals surface area contributed by atoms with Crippen molar-refractivity contribution in [1.29, 1.82) is 0 Å². The second-order valence-corrected chi connectivity index (χ2v) is 5.92. The quantitative estimate of drug-likeness (QED) is 0.822. The molecule has 0 aliphatic carbocycles. The number of H-pyrrole nitrogens is 1. The minimum atomic E-state index is -0.129. The molecule has 0 aromatic carbocycles. The van der Waals surface area contributed by atoms with Gasteiger partial charge in [0.15, 0.2) is 5.82 Å². The Kier molecular flexibility index (Phi) is 4.74. The maximum absolute atomic E-state index is 12.0. The first-order valence-corrected chi connectivity index (χ1v) is 7.39. The van der Waals surface area contributed by atoms with Crippen molar-refractivity contribution < 1.29 is 4.74 Å². The van der Waals surface area contributed by atoms with Crippen molar-refractivity contribution in [2.75, 3.05) is 7.11 Å². The highest BCUT2D eigenvalue weighted by Gasteiger charge is 2.12. The van der Waals surface area contributed by atoms with E-state index in [-0.39, 0.29) is 5.56 Å². The lowest BCUT2D eigenvalue weighted by atomic mass is 10.1. The third-order valence-corrected chi connectivity index (χ3v) is 3.82. The first kappa shape index (κ1) is 15.0. The number of aromatic nitrogens is 3. The Hall–Kier alpha value is -1.44. The minimum absolute atomic E-state index is 0.129. The summed E-state index contributed by atoms with van der Waals surface area (Å²) in [5, 5.41) is 0. The van der Waals surface area contributed by atoms with Crippen LogP contribution in [-0.4, -0.2) is 22.1 Å². The number of nitrogens with one attached hydrogen (secondary N) is 1. The van der Waals surface area contributed by atoms with Crippen LogP contribution in [0.4, 0.5) is 0 Å². The van der Waals surface area contributed by atoms with Crippen LogP contribution in [0.2, 0.25) is 0 Å². The number of hydrogen-bond donors (Lipinski definition) is 1. The third-order valence-electron chi connectivity index (χ3n) is 2.71.